The highest BCUT2D eigenvalue weighted by atomic mass is 127. The third kappa shape index (κ3) is 5.66. The minimum atomic E-state index is -0.215. The summed E-state index contributed by atoms with van der Waals surface area (Å²) in [6, 6.07) is 9.64. The molecule has 2 aromatic heterocycles. The fourth-order valence-electron chi connectivity index (χ4n) is 3.86. The predicted molar refractivity (Wildman–Crippen MR) is 136 cm³/mol. The zero-order chi connectivity index (χ0) is 20.1. The van der Waals surface area contributed by atoms with Crippen molar-refractivity contribution in [3.63, 3.8) is 0 Å². The number of anilines is 1. The van der Waals surface area contributed by atoms with Crippen LogP contribution in [0.2, 0.25) is 0 Å². The summed E-state index contributed by atoms with van der Waals surface area (Å²) in [5.74, 6) is 0.667. The van der Waals surface area contributed by atoms with E-state index in [9.17, 15) is 4.39 Å². The molecule has 3 heterocycles. The van der Waals surface area contributed by atoms with E-state index in [-0.39, 0.29) is 29.8 Å². The van der Waals surface area contributed by atoms with Crippen molar-refractivity contribution in [3.05, 3.63) is 53.3 Å². The first-order valence-electron chi connectivity index (χ1n) is 10.3. The molecule has 0 atom stereocenters. The molecule has 8 heteroatoms. The highest BCUT2D eigenvalue weighted by Gasteiger charge is 2.20. The number of H-pyrrole nitrogens is 1. The van der Waals surface area contributed by atoms with Crippen LogP contribution in [0.5, 0.6) is 0 Å². The third-order valence-corrected chi connectivity index (χ3v) is 6.31. The van der Waals surface area contributed by atoms with Crippen molar-refractivity contribution in [2.24, 2.45) is 4.99 Å². The number of aromatic nitrogens is 1. The maximum Gasteiger partial charge on any atom is 0.191 e. The van der Waals surface area contributed by atoms with Gasteiger partial charge in [0.2, 0.25) is 0 Å². The number of hydrogen-bond acceptors (Lipinski definition) is 3. The molecule has 3 N–H and O–H groups in total. The van der Waals surface area contributed by atoms with Gasteiger partial charge in [-0.1, -0.05) is 0 Å². The normalized spacial score (nSPS) is 15.3. The Labute approximate surface area is 198 Å². The largest absolute Gasteiger partial charge is 0.363 e. The number of guanidine groups is 1. The Bertz CT molecular complexity index is 948. The van der Waals surface area contributed by atoms with Gasteiger partial charge in [-0.2, -0.15) is 0 Å². The van der Waals surface area contributed by atoms with Gasteiger partial charge < -0.3 is 20.5 Å². The Morgan fingerprint density at radius 3 is 2.87 bits per heavy atom. The molecule has 4 rings (SSSR count). The van der Waals surface area contributed by atoms with E-state index in [1.54, 1.807) is 0 Å². The van der Waals surface area contributed by atoms with Crippen LogP contribution < -0.4 is 15.5 Å². The number of nitrogens with zero attached hydrogens (tertiary/aromatic N) is 2. The van der Waals surface area contributed by atoms with Crippen LogP contribution in [0.15, 0.2) is 46.9 Å². The molecule has 1 aromatic carbocycles. The summed E-state index contributed by atoms with van der Waals surface area (Å²) < 4.78 is 13.4. The van der Waals surface area contributed by atoms with Crippen LogP contribution in [-0.2, 0) is 6.42 Å². The van der Waals surface area contributed by atoms with Crippen LogP contribution in [-0.4, -0.2) is 43.2 Å². The number of thiophene rings is 1. The summed E-state index contributed by atoms with van der Waals surface area (Å²) in [6.07, 6.45) is 4.99. The molecule has 0 unspecified atom stereocenters. The van der Waals surface area contributed by atoms with Gasteiger partial charge in [-0.25, -0.2) is 4.39 Å². The Morgan fingerprint density at radius 2 is 2.13 bits per heavy atom. The van der Waals surface area contributed by atoms with Crippen molar-refractivity contribution >= 4 is 57.2 Å². The van der Waals surface area contributed by atoms with Crippen LogP contribution in [0.25, 0.3) is 10.9 Å². The molecule has 1 saturated heterocycles. The Hall–Kier alpha value is -1.81. The van der Waals surface area contributed by atoms with E-state index in [1.165, 1.54) is 22.7 Å². The maximum absolute atomic E-state index is 13.4. The zero-order valence-electron chi connectivity index (χ0n) is 17.2. The molecule has 0 radical (unpaired) electrons. The van der Waals surface area contributed by atoms with Crippen molar-refractivity contribution in [1.29, 1.82) is 0 Å². The van der Waals surface area contributed by atoms with Gasteiger partial charge in [-0.15, -0.1) is 35.3 Å². The topological polar surface area (TPSA) is 55.5 Å². The smallest absolute Gasteiger partial charge is 0.191 e. The predicted octanol–water partition coefficient (Wildman–Crippen LogP) is 4.75. The lowest BCUT2D eigenvalue weighted by Gasteiger charge is -2.33. The van der Waals surface area contributed by atoms with Crippen LogP contribution in [0.1, 0.15) is 25.3 Å². The molecule has 1 aliphatic heterocycles. The van der Waals surface area contributed by atoms with Gasteiger partial charge in [0.1, 0.15) is 5.82 Å². The van der Waals surface area contributed by atoms with E-state index in [2.05, 4.69) is 45.0 Å². The monoisotopic (exact) mass is 541 g/mol. The van der Waals surface area contributed by atoms with Crippen molar-refractivity contribution in [1.82, 2.24) is 15.6 Å². The van der Waals surface area contributed by atoms with Gasteiger partial charge in [0.15, 0.2) is 5.96 Å². The summed E-state index contributed by atoms with van der Waals surface area (Å²) in [6.45, 7) is 5.76. The summed E-state index contributed by atoms with van der Waals surface area (Å²) in [5.41, 5.74) is 2.01. The van der Waals surface area contributed by atoms with E-state index < -0.39 is 0 Å². The van der Waals surface area contributed by atoms with Crippen molar-refractivity contribution in [2.45, 2.75) is 32.2 Å². The number of piperidine rings is 1. The molecular formula is C22H29FIN5S. The molecule has 0 bridgehead atoms. The van der Waals surface area contributed by atoms with Crippen molar-refractivity contribution in [2.75, 3.05) is 31.1 Å². The maximum atomic E-state index is 13.4. The first-order chi connectivity index (χ1) is 14.2. The second-order valence-electron chi connectivity index (χ2n) is 7.37. The Kier molecular flexibility index (Phi) is 8.38. The zero-order valence-corrected chi connectivity index (χ0v) is 20.3. The number of halogens is 2. The van der Waals surface area contributed by atoms with Gasteiger partial charge >= 0.3 is 0 Å². The number of aliphatic imine (C=N–C) groups is 1. The van der Waals surface area contributed by atoms with Gasteiger partial charge in [-0.3, -0.25) is 4.99 Å². The van der Waals surface area contributed by atoms with Gasteiger partial charge in [-0.05, 0) is 67.5 Å². The second-order valence-corrected chi connectivity index (χ2v) is 8.30. The Morgan fingerprint density at radius 1 is 1.30 bits per heavy atom. The lowest BCUT2D eigenvalue weighted by molar-refractivity contribution is 0.463. The van der Waals surface area contributed by atoms with Gasteiger partial charge in [0.05, 0.1) is 5.00 Å². The van der Waals surface area contributed by atoms with E-state index in [1.807, 2.05) is 23.6 Å². The molecule has 5 nitrogen and oxygen atoms in total. The van der Waals surface area contributed by atoms with Crippen LogP contribution >= 0.6 is 35.3 Å². The molecule has 162 valence electrons. The first kappa shape index (κ1) is 22.9. The van der Waals surface area contributed by atoms with E-state index in [0.29, 0.717) is 12.6 Å². The number of nitrogens with one attached hydrogen (secondary N) is 3. The average molecular weight is 541 g/mol. The molecule has 0 saturated carbocycles. The van der Waals surface area contributed by atoms with Crippen LogP contribution in [0.4, 0.5) is 9.39 Å². The average Bonchev–Trinajstić information content (AvgIpc) is 3.39. The summed E-state index contributed by atoms with van der Waals surface area (Å²) >= 11 is 1.81. The lowest BCUT2D eigenvalue weighted by Crippen LogP contribution is -2.48. The molecule has 1 fully saturated rings. The molecule has 1 aliphatic rings. The number of rotatable bonds is 6. The molecule has 0 amide bonds. The quantitative estimate of drug-likeness (QED) is 0.240. The van der Waals surface area contributed by atoms with E-state index in [0.717, 1.165) is 55.8 Å². The highest BCUT2D eigenvalue weighted by molar-refractivity contribution is 14.0. The minimum Gasteiger partial charge on any atom is -0.363 e. The summed E-state index contributed by atoms with van der Waals surface area (Å²) in [4.78, 5) is 10.4. The first-order valence-corrected chi connectivity index (χ1v) is 11.2. The summed E-state index contributed by atoms with van der Waals surface area (Å²) in [5, 5.41) is 11.5. The number of benzene rings is 1. The van der Waals surface area contributed by atoms with Crippen molar-refractivity contribution < 1.29 is 4.39 Å². The van der Waals surface area contributed by atoms with Crippen LogP contribution in [0, 0.1) is 5.82 Å². The SMILES string of the molecule is CCNC(=NCCc1c[nH]c2cc(F)ccc12)NC1CCN(c2cccs2)CC1.I. The fraction of sp³-hybridized carbons (Fsp3) is 0.409. The number of hydrogen-bond donors (Lipinski definition) is 3. The van der Waals surface area contributed by atoms with Crippen LogP contribution in [0.3, 0.4) is 0 Å². The standard InChI is InChI=1S/C22H28FN5S.HI/c1-2-24-22(27-18-8-11-28(12-9-18)21-4-3-13-29-21)25-10-7-16-15-26-20-14-17(23)5-6-19(16)20;/h3-6,13-15,18,26H,2,7-12H2,1H3,(H2,24,25,27);1H. The number of fused-ring (bicyclic) bond motifs is 1. The molecular weight excluding hydrogens is 512 g/mol. The molecule has 0 aliphatic carbocycles. The molecule has 30 heavy (non-hydrogen) atoms. The summed E-state index contributed by atoms with van der Waals surface area (Å²) in [7, 11) is 0. The van der Waals surface area contributed by atoms with Crippen molar-refractivity contribution in [3.8, 4) is 0 Å². The van der Waals surface area contributed by atoms with Gasteiger partial charge in [0, 0.05) is 49.3 Å². The van der Waals surface area contributed by atoms with E-state index >= 15 is 0 Å². The third-order valence-electron chi connectivity index (χ3n) is 5.38. The van der Waals surface area contributed by atoms with Gasteiger partial charge in [0.25, 0.3) is 0 Å². The fourth-order valence-corrected chi connectivity index (χ4v) is 4.65. The lowest BCUT2D eigenvalue weighted by atomic mass is 10.1. The minimum absolute atomic E-state index is 0. The molecule has 3 aromatic rings. The second kappa shape index (κ2) is 11.0. The highest BCUT2D eigenvalue weighted by Crippen LogP contribution is 2.25. The Balaban J connectivity index is 0.00000256. The molecule has 0 spiro atoms. The number of aromatic amines is 1. The van der Waals surface area contributed by atoms with E-state index in [4.69, 9.17) is 4.99 Å².